The Kier molecular flexibility index (Phi) is 5.99. The average Bonchev–Trinajstić information content (AvgIpc) is 2.41. The van der Waals surface area contributed by atoms with Gasteiger partial charge in [-0.25, -0.2) is 0 Å². The van der Waals surface area contributed by atoms with Crippen LogP contribution in [0, 0.1) is 0 Å². The number of rotatable bonds is 4. The summed E-state index contributed by atoms with van der Waals surface area (Å²) in [6.45, 7) is 2.91. The average molecular weight is 352 g/mol. The molecule has 1 aliphatic heterocycles. The van der Waals surface area contributed by atoms with Gasteiger partial charge in [-0.3, -0.25) is 4.79 Å². The molecule has 1 saturated heterocycles. The van der Waals surface area contributed by atoms with Crippen molar-refractivity contribution in [2.45, 2.75) is 31.8 Å². The Hall–Kier alpha value is -0.680. The number of piperidine rings is 1. The molecule has 1 aromatic rings. The summed E-state index contributed by atoms with van der Waals surface area (Å²) in [5.74, 6) is 0.177. The molecule has 1 heterocycles. The molecule has 2 unspecified atom stereocenters. The van der Waals surface area contributed by atoms with Crippen molar-refractivity contribution in [3.8, 4) is 5.75 Å². The van der Waals surface area contributed by atoms with E-state index in [1.165, 1.54) is 12.1 Å². The molecule has 116 valence electrons. The van der Waals surface area contributed by atoms with Crippen molar-refractivity contribution in [3.05, 3.63) is 27.2 Å². The van der Waals surface area contributed by atoms with Gasteiger partial charge in [-0.05, 0) is 32.4 Å². The molecule has 2 atom stereocenters. The van der Waals surface area contributed by atoms with Crippen LogP contribution in [0.2, 0.25) is 15.1 Å². The van der Waals surface area contributed by atoms with Crippen LogP contribution in [0.1, 0.15) is 19.8 Å². The van der Waals surface area contributed by atoms with Gasteiger partial charge in [0.05, 0.1) is 15.1 Å². The fourth-order valence-corrected chi connectivity index (χ4v) is 2.88. The summed E-state index contributed by atoms with van der Waals surface area (Å²) in [6.07, 6.45) is 1.84. The fraction of sp³-hybridized carbons (Fsp3) is 0.500. The van der Waals surface area contributed by atoms with Gasteiger partial charge in [0.2, 0.25) is 0 Å². The second-order valence-corrected chi connectivity index (χ2v) is 6.35. The first-order valence-corrected chi connectivity index (χ1v) is 7.89. The Balaban J connectivity index is 1.85. The molecule has 1 fully saturated rings. The smallest absolute Gasteiger partial charge is 0.258 e. The van der Waals surface area contributed by atoms with E-state index in [2.05, 4.69) is 17.6 Å². The van der Waals surface area contributed by atoms with Crippen LogP contribution in [0.4, 0.5) is 0 Å². The van der Waals surface area contributed by atoms with Crippen LogP contribution in [0.5, 0.6) is 5.75 Å². The van der Waals surface area contributed by atoms with Crippen LogP contribution in [0.25, 0.3) is 0 Å². The van der Waals surface area contributed by atoms with Crippen molar-refractivity contribution < 1.29 is 9.53 Å². The standard InChI is InChI=1S/C14H17Cl3N2O2/c1-8-4-9(2-3-18-8)19-14(20)7-21-13-6-11(16)10(15)5-12(13)17/h5-6,8-9,18H,2-4,7H2,1H3,(H,19,20). The third-order valence-corrected chi connectivity index (χ3v) is 4.34. The van der Waals surface area contributed by atoms with E-state index in [0.717, 1.165) is 19.4 Å². The molecular formula is C14H17Cl3N2O2. The number of ether oxygens (including phenoxy) is 1. The lowest BCUT2D eigenvalue weighted by Crippen LogP contribution is -2.47. The van der Waals surface area contributed by atoms with Gasteiger partial charge in [-0.15, -0.1) is 0 Å². The van der Waals surface area contributed by atoms with Crippen molar-refractivity contribution in [1.82, 2.24) is 10.6 Å². The molecule has 0 saturated carbocycles. The van der Waals surface area contributed by atoms with Crippen LogP contribution in [-0.4, -0.2) is 31.1 Å². The minimum Gasteiger partial charge on any atom is -0.482 e. The second kappa shape index (κ2) is 7.54. The SMILES string of the molecule is CC1CC(NC(=O)COc2cc(Cl)c(Cl)cc2Cl)CCN1. The molecule has 1 amide bonds. The zero-order chi connectivity index (χ0) is 15.4. The maximum atomic E-state index is 11.9. The van der Waals surface area contributed by atoms with Gasteiger partial charge in [0.1, 0.15) is 5.75 Å². The molecular weight excluding hydrogens is 335 g/mol. The number of carbonyl (C=O) groups excluding carboxylic acids is 1. The maximum Gasteiger partial charge on any atom is 0.258 e. The molecule has 2 rings (SSSR count). The van der Waals surface area contributed by atoms with E-state index in [9.17, 15) is 4.79 Å². The van der Waals surface area contributed by atoms with Crippen LogP contribution >= 0.6 is 34.8 Å². The molecule has 21 heavy (non-hydrogen) atoms. The summed E-state index contributed by atoms with van der Waals surface area (Å²) in [5, 5.41) is 7.31. The maximum absolute atomic E-state index is 11.9. The number of hydrogen-bond acceptors (Lipinski definition) is 3. The van der Waals surface area contributed by atoms with E-state index < -0.39 is 0 Å². The highest BCUT2D eigenvalue weighted by atomic mass is 35.5. The minimum absolute atomic E-state index is 0.101. The topological polar surface area (TPSA) is 50.4 Å². The molecule has 7 heteroatoms. The van der Waals surface area contributed by atoms with Crippen LogP contribution in [0.15, 0.2) is 12.1 Å². The lowest BCUT2D eigenvalue weighted by atomic mass is 10.0. The molecule has 2 N–H and O–H groups in total. The van der Waals surface area contributed by atoms with E-state index in [1.807, 2.05) is 0 Å². The van der Waals surface area contributed by atoms with Gasteiger partial charge in [0.15, 0.2) is 6.61 Å². The van der Waals surface area contributed by atoms with E-state index >= 15 is 0 Å². The molecule has 4 nitrogen and oxygen atoms in total. The van der Waals surface area contributed by atoms with Gasteiger partial charge in [0.25, 0.3) is 5.91 Å². The summed E-state index contributed by atoms with van der Waals surface area (Å²) in [5.41, 5.74) is 0. The molecule has 0 radical (unpaired) electrons. The van der Waals surface area contributed by atoms with Crippen LogP contribution in [-0.2, 0) is 4.79 Å². The molecule has 0 aliphatic carbocycles. The zero-order valence-corrected chi connectivity index (χ0v) is 13.9. The number of amides is 1. The van der Waals surface area contributed by atoms with E-state index in [4.69, 9.17) is 39.5 Å². The van der Waals surface area contributed by atoms with Gasteiger partial charge in [0, 0.05) is 18.2 Å². The van der Waals surface area contributed by atoms with Crippen molar-refractivity contribution in [1.29, 1.82) is 0 Å². The van der Waals surface area contributed by atoms with Crippen molar-refractivity contribution in [2.75, 3.05) is 13.2 Å². The first-order valence-electron chi connectivity index (χ1n) is 6.76. The molecule has 1 aromatic carbocycles. The quantitative estimate of drug-likeness (QED) is 0.819. The Morgan fingerprint density at radius 2 is 2.05 bits per heavy atom. The first kappa shape index (κ1) is 16.7. The number of nitrogens with one attached hydrogen (secondary N) is 2. The third kappa shape index (κ3) is 4.92. The predicted octanol–water partition coefficient (Wildman–Crippen LogP) is 3.28. The lowest BCUT2D eigenvalue weighted by Gasteiger charge is -2.28. The monoisotopic (exact) mass is 350 g/mol. The number of carbonyl (C=O) groups is 1. The Labute approximate surface area is 139 Å². The number of benzene rings is 1. The van der Waals surface area contributed by atoms with Crippen LogP contribution < -0.4 is 15.4 Å². The number of halogens is 3. The highest BCUT2D eigenvalue weighted by Crippen LogP contribution is 2.33. The highest BCUT2D eigenvalue weighted by Gasteiger charge is 2.20. The lowest BCUT2D eigenvalue weighted by molar-refractivity contribution is -0.124. The largest absolute Gasteiger partial charge is 0.482 e. The fourth-order valence-electron chi connectivity index (χ4n) is 2.29. The van der Waals surface area contributed by atoms with Gasteiger partial charge in [-0.1, -0.05) is 34.8 Å². The molecule has 1 aliphatic rings. The van der Waals surface area contributed by atoms with Gasteiger partial charge < -0.3 is 15.4 Å². The second-order valence-electron chi connectivity index (χ2n) is 5.13. The summed E-state index contributed by atoms with van der Waals surface area (Å²) >= 11 is 17.7. The Morgan fingerprint density at radius 1 is 1.33 bits per heavy atom. The predicted molar refractivity (Wildman–Crippen MR) is 85.6 cm³/mol. The Bertz CT molecular complexity index is 525. The van der Waals surface area contributed by atoms with Gasteiger partial charge in [-0.2, -0.15) is 0 Å². The van der Waals surface area contributed by atoms with Crippen molar-refractivity contribution in [3.63, 3.8) is 0 Å². The molecule has 0 bridgehead atoms. The van der Waals surface area contributed by atoms with Gasteiger partial charge >= 0.3 is 0 Å². The summed E-state index contributed by atoms with van der Waals surface area (Å²) in [6, 6.07) is 3.59. The third-order valence-electron chi connectivity index (χ3n) is 3.32. The minimum atomic E-state index is -0.170. The summed E-state index contributed by atoms with van der Waals surface area (Å²) < 4.78 is 5.40. The van der Waals surface area contributed by atoms with E-state index in [0.29, 0.717) is 26.9 Å². The van der Waals surface area contributed by atoms with Crippen molar-refractivity contribution >= 4 is 40.7 Å². The molecule has 0 spiro atoms. The zero-order valence-electron chi connectivity index (χ0n) is 11.6. The first-order chi connectivity index (χ1) is 9.95. The Morgan fingerprint density at radius 3 is 2.76 bits per heavy atom. The van der Waals surface area contributed by atoms with Crippen molar-refractivity contribution in [2.24, 2.45) is 0 Å². The van der Waals surface area contributed by atoms with E-state index in [1.54, 1.807) is 0 Å². The normalized spacial score (nSPS) is 21.9. The number of hydrogen-bond donors (Lipinski definition) is 2. The van der Waals surface area contributed by atoms with E-state index in [-0.39, 0.29) is 18.6 Å². The summed E-state index contributed by atoms with van der Waals surface area (Å²) in [4.78, 5) is 11.9. The summed E-state index contributed by atoms with van der Waals surface area (Å²) in [7, 11) is 0. The highest BCUT2D eigenvalue weighted by molar-refractivity contribution is 6.43. The van der Waals surface area contributed by atoms with Crippen LogP contribution in [0.3, 0.4) is 0 Å². The molecule has 0 aromatic heterocycles.